The van der Waals surface area contributed by atoms with E-state index in [2.05, 4.69) is 34.3 Å². The van der Waals surface area contributed by atoms with Crippen LogP contribution in [0.4, 0.5) is 5.82 Å². The molecule has 5 heteroatoms. The van der Waals surface area contributed by atoms with Gasteiger partial charge in [-0.1, -0.05) is 13.3 Å². The maximum absolute atomic E-state index is 5.76. The van der Waals surface area contributed by atoms with Gasteiger partial charge in [0, 0.05) is 24.7 Å². The van der Waals surface area contributed by atoms with Gasteiger partial charge in [0.25, 0.3) is 0 Å². The zero-order valence-electron chi connectivity index (χ0n) is 11.5. The lowest BCUT2D eigenvalue weighted by atomic mass is 10.1. The molecule has 2 N–H and O–H groups in total. The fourth-order valence-electron chi connectivity index (χ4n) is 1.97. The van der Waals surface area contributed by atoms with Crippen molar-refractivity contribution in [2.45, 2.75) is 32.9 Å². The van der Waals surface area contributed by atoms with Crippen molar-refractivity contribution in [3.05, 3.63) is 40.0 Å². The van der Waals surface area contributed by atoms with Crippen molar-refractivity contribution in [2.24, 2.45) is 5.73 Å². The summed E-state index contributed by atoms with van der Waals surface area (Å²) in [5.74, 6) is 0.972. The molecule has 0 bridgehead atoms. The second-order valence-electron chi connectivity index (χ2n) is 4.61. The smallest absolute Gasteiger partial charge is 0.129 e. The Kier molecular flexibility index (Phi) is 4.87. The van der Waals surface area contributed by atoms with E-state index in [0.29, 0.717) is 6.54 Å². The first-order valence-corrected chi connectivity index (χ1v) is 7.45. The summed E-state index contributed by atoms with van der Waals surface area (Å²) in [5, 5.41) is 2.07. The standard InChI is InChI=1S/C14H20N4S/c1-3-4-12-5-11(7-15)6-14(17-12)18(2)8-13-9-19-10-16-13/h5-6,9-10H,3-4,7-8,15H2,1-2H3. The van der Waals surface area contributed by atoms with E-state index in [4.69, 9.17) is 10.7 Å². The average molecular weight is 276 g/mol. The molecule has 0 aliphatic carbocycles. The van der Waals surface area contributed by atoms with Crippen LogP contribution in [-0.4, -0.2) is 17.0 Å². The van der Waals surface area contributed by atoms with E-state index in [1.54, 1.807) is 11.3 Å². The Bertz CT molecular complexity index is 510. The van der Waals surface area contributed by atoms with E-state index in [9.17, 15) is 0 Å². The molecule has 0 radical (unpaired) electrons. The second-order valence-corrected chi connectivity index (χ2v) is 5.33. The van der Waals surface area contributed by atoms with E-state index in [0.717, 1.165) is 42.2 Å². The molecule has 0 amide bonds. The van der Waals surface area contributed by atoms with Gasteiger partial charge in [0.15, 0.2) is 0 Å². The molecule has 0 fully saturated rings. The van der Waals surface area contributed by atoms with E-state index >= 15 is 0 Å². The maximum Gasteiger partial charge on any atom is 0.129 e. The van der Waals surface area contributed by atoms with Crippen molar-refractivity contribution in [2.75, 3.05) is 11.9 Å². The van der Waals surface area contributed by atoms with Crippen LogP contribution in [0.5, 0.6) is 0 Å². The normalized spacial score (nSPS) is 10.7. The molecule has 0 saturated carbocycles. The Morgan fingerprint density at radius 1 is 1.32 bits per heavy atom. The lowest BCUT2D eigenvalue weighted by molar-refractivity contribution is 0.833. The number of rotatable bonds is 6. The van der Waals surface area contributed by atoms with Crippen LogP contribution in [0.25, 0.3) is 0 Å². The average Bonchev–Trinajstić information content (AvgIpc) is 2.91. The minimum atomic E-state index is 0.552. The Balaban J connectivity index is 2.19. The van der Waals surface area contributed by atoms with Crippen LogP contribution < -0.4 is 10.6 Å². The molecule has 0 aliphatic rings. The molecular formula is C14H20N4S. The third-order valence-electron chi connectivity index (χ3n) is 2.94. The van der Waals surface area contributed by atoms with Gasteiger partial charge in [0.05, 0.1) is 17.7 Å². The Hall–Kier alpha value is -1.46. The quantitative estimate of drug-likeness (QED) is 0.881. The van der Waals surface area contributed by atoms with Gasteiger partial charge < -0.3 is 10.6 Å². The highest BCUT2D eigenvalue weighted by molar-refractivity contribution is 7.07. The molecule has 19 heavy (non-hydrogen) atoms. The first-order valence-electron chi connectivity index (χ1n) is 6.51. The third-order valence-corrected chi connectivity index (χ3v) is 3.58. The van der Waals surface area contributed by atoms with Gasteiger partial charge in [-0.2, -0.15) is 0 Å². The zero-order valence-corrected chi connectivity index (χ0v) is 12.3. The Morgan fingerprint density at radius 2 is 2.16 bits per heavy atom. The largest absolute Gasteiger partial charge is 0.354 e. The lowest BCUT2D eigenvalue weighted by Gasteiger charge is -2.19. The summed E-state index contributed by atoms with van der Waals surface area (Å²) in [5.41, 5.74) is 10.9. The van der Waals surface area contributed by atoms with Crippen molar-refractivity contribution in [3.63, 3.8) is 0 Å². The predicted octanol–water partition coefficient (Wildman–Crippen LogP) is 2.59. The van der Waals surface area contributed by atoms with Crippen molar-refractivity contribution in [3.8, 4) is 0 Å². The molecule has 0 unspecified atom stereocenters. The van der Waals surface area contributed by atoms with Crippen LogP contribution in [0, 0.1) is 0 Å². The number of aromatic nitrogens is 2. The molecule has 4 nitrogen and oxygen atoms in total. The molecule has 2 rings (SSSR count). The fraction of sp³-hybridized carbons (Fsp3) is 0.429. The van der Waals surface area contributed by atoms with Crippen LogP contribution in [0.3, 0.4) is 0 Å². The molecule has 0 saturated heterocycles. The highest BCUT2D eigenvalue weighted by Crippen LogP contribution is 2.17. The van der Waals surface area contributed by atoms with Crippen molar-refractivity contribution in [1.29, 1.82) is 0 Å². The predicted molar refractivity (Wildman–Crippen MR) is 80.3 cm³/mol. The second kappa shape index (κ2) is 6.63. The molecule has 0 aromatic carbocycles. The summed E-state index contributed by atoms with van der Waals surface area (Å²) in [6.45, 7) is 3.49. The third kappa shape index (κ3) is 3.75. The fourth-order valence-corrected chi connectivity index (χ4v) is 2.52. The van der Waals surface area contributed by atoms with Crippen molar-refractivity contribution < 1.29 is 0 Å². The van der Waals surface area contributed by atoms with Crippen LogP contribution in [-0.2, 0) is 19.5 Å². The van der Waals surface area contributed by atoms with E-state index < -0.39 is 0 Å². The number of nitrogens with zero attached hydrogens (tertiary/aromatic N) is 3. The van der Waals surface area contributed by atoms with Gasteiger partial charge >= 0.3 is 0 Å². The number of nitrogens with two attached hydrogens (primary N) is 1. The van der Waals surface area contributed by atoms with E-state index in [-0.39, 0.29) is 0 Å². The molecule has 102 valence electrons. The van der Waals surface area contributed by atoms with Gasteiger partial charge in [-0.3, -0.25) is 0 Å². The maximum atomic E-state index is 5.76. The van der Waals surface area contributed by atoms with Crippen molar-refractivity contribution in [1.82, 2.24) is 9.97 Å². The highest BCUT2D eigenvalue weighted by atomic mass is 32.1. The minimum absolute atomic E-state index is 0.552. The number of thiazole rings is 1. The highest BCUT2D eigenvalue weighted by Gasteiger charge is 2.08. The van der Waals surface area contributed by atoms with Crippen LogP contribution in [0.2, 0.25) is 0 Å². The summed E-state index contributed by atoms with van der Waals surface area (Å²) in [6.07, 6.45) is 2.08. The van der Waals surface area contributed by atoms with Crippen molar-refractivity contribution >= 4 is 17.2 Å². The number of anilines is 1. The summed E-state index contributed by atoms with van der Waals surface area (Å²) in [6, 6.07) is 4.16. The first-order chi connectivity index (χ1) is 9.22. The lowest BCUT2D eigenvalue weighted by Crippen LogP contribution is -2.19. The van der Waals surface area contributed by atoms with Gasteiger partial charge in [0.1, 0.15) is 5.82 Å². The van der Waals surface area contributed by atoms with Gasteiger partial charge in [-0.15, -0.1) is 11.3 Å². The molecular weight excluding hydrogens is 256 g/mol. The number of pyridine rings is 1. The molecule has 0 spiro atoms. The monoisotopic (exact) mass is 276 g/mol. The van der Waals surface area contributed by atoms with Crippen LogP contribution in [0.15, 0.2) is 23.0 Å². The van der Waals surface area contributed by atoms with E-state index in [1.807, 2.05) is 12.6 Å². The van der Waals surface area contributed by atoms with Gasteiger partial charge in [-0.05, 0) is 24.1 Å². The Labute approximate surface area is 118 Å². The van der Waals surface area contributed by atoms with Crippen LogP contribution in [0.1, 0.15) is 30.3 Å². The molecule has 0 aliphatic heterocycles. The summed E-state index contributed by atoms with van der Waals surface area (Å²) in [4.78, 5) is 11.1. The first kappa shape index (κ1) is 14.0. The van der Waals surface area contributed by atoms with Crippen LogP contribution >= 0.6 is 11.3 Å². The number of aryl methyl sites for hydroxylation is 1. The minimum Gasteiger partial charge on any atom is -0.354 e. The number of hydrogen-bond donors (Lipinski definition) is 1. The molecule has 2 heterocycles. The number of hydrogen-bond acceptors (Lipinski definition) is 5. The summed E-state index contributed by atoms with van der Waals surface area (Å²) in [7, 11) is 2.04. The summed E-state index contributed by atoms with van der Waals surface area (Å²) >= 11 is 1.62. The SMILES string of the molecule is CCCc1cc(CN)cc(N(C)Cc2cscn2)n1. The van der Waals surface area contributed by atoms with Gasteiger partial charge in [0.2, 0.25) is 0 Å². The topological polar surface area (TPSA) is 55.0 Å². The summed E-state index contributed by atoms with van der Waals surface area (Å²) < 4.78 is 0. The van der Waals surface area contributed by atoms with E-state index in [1.165, 1.54) is 0 Å². The molecule has 0 atom stereocenters. The Morgan fingerprint density at radius 3 is 2.79 bits per heavy atom. The molecule has 2 aromatic rings. The van der Waals surface area contributed by atoms with Gasteiger partial charge in [-0.25, -0.2) is 9.97 Å². The molecule has 2 aromatic heterocycles. The zero-order chi connectivity index (χ0) is 13.7.